The van der Waals surface area contributed by atoms with E-state index in [-0.39, 0.29) is 24.7 Å². The van der Waals surface area contributed by atoms with Crippen LogP contribution in [0.25, 0.3) is 16.7 Å². The van der Waals surface area contributed by atoms with Gasteiger partial charge in [-0.1, -0.05) is 0 Å². The fraction of sp³-hybridized carbons (Fsp3) is 0.556. The summed E-state index contributed by atoms with van der Waals surface area (Å²) in [5.41, 5.74) is 2.72. The first-order chi connectivity index (χ1) is 12.5. The molecule has 0 radical (unpaired) electrons. The summed E-state index contributed by atoms with van der Waals surface area (Å²) in [5, 5.41) is 10.5. The Morgan fingerprint density at radius 1 is 1.27 bits per heavy atom. The number of hydrogen-bond acceptors (Lipinski definition) is 4. The van der Waals surface area contributed by atoms with Crippen molar-refractivity contribution in [3.8, 4) is 0 Å². The van der Waals surface area contributed by atoms with Crippen LogP contribution >= 0.6 is 0 Å². The number of piperidine rings is 1. The summed E-state index contributed by atoms with van der Waals surface area (Å²) in [6.07, 6.45) is 6.14. The fourth-order valence-corrected chi connectivity index (χ4v) is 4.46. The number of halogens is 2. The van der Waals surface area contributed by atoms with Gasteiger partial charge in [0.1, 0.15) is 12.1 Å². The second-order valence-electron chi connectivity index (χ2n) is 7.62. The van der Waals surface area contributed by atoms with Crippen molar-refractivity contribution in [2.75, 3.05) is 13.1 Å². The molecule has 3 aromatic rings. The topological polar surface area (TPSA) is 69.4 Å². The molecule has 1 saturated carbocycles. The minimum atomic E-state index is -2.60. The van der Waals surface area contributed by atoms with Crippen molar-refractivity contribution >= 4 is 16.7 Å². The van der Waals surface area contributed by atoms with E-state index in [2.05, 4.69) is 19.4 Å². The predicted octanol–water partition coefficient (Wildman–Crippen LogP) is 2.75. The van der Waals surface area contributed by atoms with Gasteiger partial charge in [0.2, 0.25) is 5.92 Å². The van der Waals surface area contributed by atoms with Gasteiger partial charge in [0.25, 0.3) is 0 Å². The van der Waals surface area contributed by atoms with Crippen LogP contribution in [-0.4, -0.2) is 54.6 Å². The highest BCUT2D eigenvalue weighted by Crippen LogP contribution is 2.45. The van der Waals surface area contributed by atoms with E-state index in [9.17, 15) is 13.9 Å². The highest BCUT2D eigenvalue weighted by atomic mass is 19.3. The third-order valence-corrected chi connectivity index (χ3v) is 5.82. The number of rotatable bonds is 3. The van der Waals surface area contributed by atoms with Crippen molar-refractivity contribution in [3.05, 3.63) is 30.5 Å². The number of fused-ring (bicyclic) bond motifs is 3. The zero-order chi connectivity index (χ0) is 17.9. The van der Waals surface area contributed by atoms with Crippen LogP contribution in [0, 0.1) is 5.92 Å². The predicted molar refractivity (Wildman–Crippen MR) is 92.1 cm³/mol. The van der Waals surface area contributed by atoms with Crippen LogP contribution < -0.4 is 0 Å². The molecule has 26 heavy (non-hydrogen) atoms. The van der Waals surface area contributed by atoms with E-state index in [1.807, 2.05) is 23.4 Å². The number of aromatic nitrogens is 4. The van der Waals surface area contributed by atoms with Gasteiger partial charge < -0.3 is 10.1 Å². The summed E-state index contributed by atoms with van der Waals surface area (Å²) in [7, 11) is 0. The Kier molecular flexibility index (Phi) is 3.55. The lowest BCUT2D eigenvalue weighted by Crippen LogP contribution is -2.52. The lowest BCUT2D eigenvalue weighted by molar-refractivity contribution is -0.176. The molecule has 0 bridgehead atoms. The van der Waals surface area contributed by atoms with E-state index >= 15 is 0 Å². The molecule has 8 heteroatoms. The number of alkyl halides is 2. The van der Waals surface area contributed by atoms with Gasteiger partial charge in [0.15, 0.2) is 5.65 Å². The second-order valence-corrected chi connectivity index (χ2v) is 7.62. The summed E-state index contributed by atoms with van der Waals surface area (Å²) in [5.74, 6) is -1.83. The maximum Gasteiger partial charge on any atom is 0.249 e. The third kappa shape index (κ3) is 2.51. The molecular weight excluding hydrogens is 340 g/mol. The van der Waals surface area contributed by atoms with Crippen molar-refractivity contribution in [2.24, 2.45) is 5.92 Å². The van der Waals surface area contributed by atoms with E-state index in [1.165, 1.54) is 0 Å². The molecule has 0 aromatic carbocycles. The Morgan fingerprint density at radius 2 is 2.08 bits per heavy atom. The van der Waals surface area contributed by atoms with E-state index < -0.39 is 12.2 Å². The third-order valence-electron chi connectivity index (χ3n) is 5.82. The Morgan fingerprint density at radius 3 is 2.88 bits per heavy atom. The van der Waals surface area contributed by atoms with Crippen molar-refractivity contribution in [1.82, 2.24) is 24.3 Å². The Bertz CT molecular complexity index is 944. The number of aliphatic hydroxyl groups is 1. The van der Waals surface area contributed by atoms with Crippen LogP contribution in [0.15, 0.2) is 24.7 Å². The Labute approximate surface area is 148 Å². The molecule has 2 N–H and O–H groups in total. The number of nitrogens with zero attached hydrogens (tertiary/aromatic N) is 4. The second kappa shape index (κ2) is 5.72. The van der Waals surface area contributed by atoms with E-state index in [0.29, 0.717) is 6.54 Å². The van der Waals surface area contributed by atoms with Gasteiger partial charge in [0.05, 0.1) is 23.4 Å². The molecular formula is C18H21F2N5O. The molecule has 2 aliphatic rings. The first kappa shape index (κ1) is 16.1. The van der Waals surface area contributed by atoms with Crippen LogP contribution in [0.2, 0.25) is 0 Å². The lowest BCUT2D eigenvalue weighted by atomic mass is 9.79. The monoisotopic (exact) mass is 361 g/mol. The largest absolute Gasteiger partial charge is 0.378 e. The average molecular weight is 361 g/mol. The summed E-state index contributed by atoms with van der Waals surface area (Å²) < 4.78 is 28.4. The number of aliphatic hydroxyl groups excluding tert-OH is 1. The van der Waals surface area contributed by atoms with Crippen molar-refractivity contribution in [2.45, 2.75) is 43.8 Å². The molecule has 0 spiro atoms. The van der Waals surface area contributed by atoms with Crippen molar-refractivity contribution in [1.29, 1.82) is 0 Å². The van der Waals surface area contributed by atoms with Crippen molar-refractivity contribution < 1.29 is 13.9 Å². The number of H-pyrrole nitrogens is 1. The molecule has 1 aliphatic carbocycles. The molecule has 0 amide bonds. The number of nitrogens with one attached hydrogen (secondary N) is 1. The van der Waals surface area contributed by atoms with Gasteiger partial charge >= 0.3 is 0 Å². The summed E-state index contributed by atoms with van der Waals surface area (Å²) in [6, 6.07) is 1.98. The number of aromatic amines is 1. The van der Waals surface area contributed by atoms with E-state index in [1.54, 1.807) is 6.20 Å². The molecule has 5 rings (SSSR count). The summed E-state index contributed by atoms with van der Waals surface area (Å²) in [6.45, 7) is 1.38. The molecule has 138 valence electrons. The zero-order valence-corrected chi connectivity index (χ0v) is 14.3. The smallest absolute Gasteiger partial charge is 0.249 e. The molecule has 1 aliphatic heterocycles. The highest BCUT2D eigenvalue weighted by Gasteiger charge is 2.49. The van der Waals surface area contributed by atoms with Crippen LogP contribution in [0.1, 0.15) is 37.4 Å². The zero-order valence-electron chi connectivity index (χ0n) is 14.3. The number of likely N-dealkylation sites (tertiary alicyclic amines) is 1. The maximum absolute atomic E-state index is 13.2. The Hall–Kier alpha value is -2.06. The maximum atomic E-state index is 13.2. The van der Waals surface area contributed by atoms with Gasteiger partial charge in [-0.25, -0.2) is 18.7 Å². The van der Waals surface area contributed by atoms with Gasteiger partial charge in [0, 0.05) is 44.0 Å². The Balaban J connectivity index is 1.42. The number of hydrogen-bond donors (Lipinski definition) is 2. The van der Waals surface area contributed by atoms with Crippen LogP contribution in [0.5, 0.6) is 0 Å². The van der Waals surface area contributed by atoms with E-state index in [0.717, 1.165) is 41.9 Å². The van der Waals surface area contributed by atoms with Gasteiger partial charge in [-0.05, 0) is 18.9 Å². The average Bonchev–Trinajstić information content (AvgIpc) is 3.24. The molecule has 4 heterocycles. The van der Waals surface area contributed by atoms with Crippen LogP contribution in [-0.2, 0) is 0 Å². The molecule has 2 atom stereocenters. The minimum Gasteiger partial charge on any atom is -0.378 e. The first-order valence-corrected chi connectivity index (χ1v) is 9.11. The molecule has 3 aromatic heterocycles. The molecule has 1 unspecified atom stereocenters. The lowest BCUT2D eigenvalue weighted by Gasteiger charge is -2.44. The molecule has 6 nitrogen and oxygen atoms in total. The molecule has 2 fully saturated rings. The van der Waals surface area contributed by atoms with Crippen LogP contribution in [0.3, 0.4) is 0 Å². The van der Waals surface area contributed by atoms with Crippen LogP contribution in [0.4, 0.5) is 8.78 Å². The minimum absolute atomic E-state index is 0.155. The standard InChI is InChI=1S/C18H21F2N5O/c19-18(20)6-12(7-18)17(26)24-5-1-2-11(10-24)16-23-9-13-8-22-15-14(25(13)16)3-4-21-15/h3-4,8-9,11-12,17,21,26H,1-2,5-7,10H2/t11-,17?/m1/s1. The molecule has 1 saturated heterocycles. The van der Waals surface area contributed by atoms with Crippen molar-refractivity contribution in [3.63, 3.8) is 0 Å². The van der Waals surface area contributed by atoms with Gasteiger partial charge in [-0.3, -0.25) is 9.30 Å². The van der Waals surface area contributed by atoms with Gasteiger partial charge in [-0.15, -0.1) is 0 Å². The fourth-order valence-electron chi connectivity index (χ4n) is 4.46. The quantitative estimate of drug-likeness (QED) is 0.753. The first-order valence-electron chi connectivity index (χ1n) is 9.11. The van der Waals surface area contributed by atoms with Gasteiger partial charge in [-0.2, -0.15) is 0 Å². The summed E-state index contributed by atoms with van der Waals surface area (Å²) in [4.78, 5) is 14.1. The van der Waals surface area contributed by atoms with E-state index in [4.69, 9.17) is 0 Å². The normalized spacial score (nSPS) is 25.6. The highest BCUT2D eigenvalue weighted by molar-refractivity contribution is 5.75. The SMILES string of the molecule is OC(C1CC(F)(F)C1)N1CCC[C@@H](c2ncc3cnc4[nH]ccc4n23)C1. The summed E-state index contributed by atoms with van der Waals surface area (Å²) >= 11 is 0. The number of imidazole rings is 1.